The lowest BCUT2D eigenvalue weighted by atomic mass is 9.69. The van der Waals surface area contributed by atoms with Crippen LogP contribution in [-0.4, -0.2) is 30.1 Å². The Kier molecular flexibility index (Phi) is 6.45. The standard InChI is InChI=1S/C29H38O6/c1-8-9-10-32-26(31)15-33-23-14-21-25(12-19(23)3)35-29(17-28(21,6)7)16-27(4,5)20-13-22(30)18(2)11-24(20)34-29/h11-14,30H,8-10,15-17H2,1-7H3. The van der Waals surface area contributed by atoms with Gasteiger partial charge < -0.3 is 24.1 Å². The summed E-state index contributed by atoms with van der Waals surface area (Å²) in [6.07, 6.45) is 3.13. The Hall–Kier alpha value is -2.89. The average molecular weight is 483 g/mol. The van der Waals surface area contributed by atoms with Gasteiger partial charge >= 0.3 is 5.97 Å². The van der Waals surface area contributed by atoms with Gasteiger partial charge in [-0.2, -0.15) is 0 Å². The first kappa shape index (κ1) is 25.2. The number of aryl methyl sites for hydroxylation is 2. The molecule has 35 heavy (non-hydrogen) atoms. The molecule has 2 aliphatic rings. The average Bonchev–Trinajstić information content (AvgIpc) is 2.73. The Balaban J connectivity index is 1.61. The first-order valence-electron chi connectivity index (χ1n) is 12.5. The molecule has 0 aliphatic carbocycles. The number of aromatic hydroxyl groups is 1. The number of unbranched alkanes of at least 4 members (excludes halogenated alkanes) is 1. The van der Waals surface area contributed by atoms with Gasteiger partial charge in [-0.3, -0.25) is 0 Å². The van der Waals surface area contributed by atoms with E-state index < -0.39 is 5.79 Å². The maximum atomic E-state index is 12.0. The third-order valence-electron chi connectivity index (χ3n) is 7.15. The van der Waals surface area contributed by atoms with Crippen LogP contribution in [0.3, 0.4) is 0 Å². The van der Waals surface area contributed by atoms with Gasteiger partial charge in [0.2, 0.25) is 0 Å². The van der Waals surface area contributed by atoms with E-state index in [0.717, 1.165) is 46.6 Å². The van der Waals surface area contributed by atoms with E-state index in [2.05, 4.69) is 34.6 Å². The fraction of sp³-hybridized carbons (Fsp3) is 0.552. The number of hydrogen-bond acceptors (Lipinski definition) is 6. The Bertz CT molecular complexity index is 1130. The first-order chi connectivity index (χ1) is 16.4. The largest absolute Gasteiger partial charge is 0.508 e. The summed E-state index contributed by atoms with van der Waals surface area (Å²) in [5.74, 6) is 1.28. The lowest BCUT2D eigenvalue weighted by Gasteiger charge is -2.51. The van der Waals surface area contributed by atoms with Gasteiger partial charge in [-0.15, -0.1) is 0 Å². The fourth-order valence-electron chi connectivity index (χ4n) is 5.39. The van der Waals surface area contributed by atoms with E-state index in [0.29, 0.717) is 25.2 Å². The van der Waals surface area contributed by atoms with Gasteiger partial charge in [0.15, 0.2) is 6.61 Å². The predicted molar refractivity (Wildman–Crippen MR) is 135 cm³/mol. The molecular formula is C29H38O6. The number of carbonyl (C=O) groups is 1. The van der Waals surface area contributed by atoms with Crippen LogP contribution in [0.5, 0.6) is 23.0 Å². The molecule has 4 rings (SSSR count). The molecule has 2 aliphatic heterocycles. The van der Waals surface area contributed by atoms with Crippen LogP contribution >= 0.6 is 0 Å². The summed E-state index contributed by atoms with van der Waals surface area (Å²) in [7, 11) is 0. The molecule has 1 atom stereocenters. The van der Waals surface area contributed by atoms with Crippen LogP contribution in [0.15, 0.2) is 24.3 Å². The van der Waals surface area contributed by atoms with Gasteiger partial charge in [0.25, 0.3) is 5.79 Å². The summed E-state index contributed by atoms with van der Waals surface area (Å²) in [5, 5.41) is 10.3. The Morgan fingerprint density at radius 1 is 0.943 bits per heavy atom. The second-order valence-electron chi connectivity index (χ2n) is 11.3. The zero-order chi connectivity index (χ0) is 25.6. The maximum absolute atomic E-state index is 12.0. The van der Waals surface area contributed by atoms with Gasteiger partial charge in [-0.05, 0) is 55.7 Å². The summed E-state index contributed by atoms with van der Waals surface area (Å²) in [6.45, 7) is 14.9. The van der Waals surface area contributed by atoms with Crippen molar-refractivity contribution in [3.63, 3.8) is 0 Å². The van der Waals surface area contributed by atoms with Crippen molar-refractivity contribution in [2.24, 2.45) is 0 Å². The third-order valence-corrected chi connectivity index (χ3v) is 7.15. The number of carbonyl (C=O) groups excluding carboxylic acids is 1. The molecule has 0 radical (unpaired) electrons. The minimum absolute atomic E-state index is 0.116. The van der Waals surface area contributed by atoms with Crippen molar-refractivity contribution in [1.29, 1.82) is 0 Å². The number of ether oxygens (including phenoxy) is 4. The monoisotopic (exact) mass is 482 g/mol. The lowest BCUT2D eigenvalue weighted by Crippen LogP contribution is -2.55. The Labute approximate surface area is 208 Å². The van der Waals surface area contributed by atoms with Crippen LogP contribution in [-0.2, 0) is 20.4 Å². The molecule has 190 valence electrons. The molecule has 0 fully saturated rings. The zero-order valence-corrected chi connectivity index (χ0v) is 22.0. The summed E-state index contributed by atoms with van der Waals surface area (Å²) >= 11 is 0. The van der Waals surface area contributed by atoms with Crippen molar-refractivity contribution in [3.05, 3.63) is 46.5 Å². The van der Waals surface area contributed by atoms with Crippen molar-refractivity contribution in [1.82, 2.24) is 0 Å². The van der Waals surface area contributed by atoms with E-state index in [1.807, 2.05) is 38.1 Å². The Morgan fingerprint density at radius 3 is 2.11 bits per heavy atom. The third kappa shape index (κ3) is 4.93. The topological polar surface area (TPSA) is 74.2 Å². The molecule has 1 N–H and O–H groups in total. The maximum Gasteiger partial charge on any atom is 0.344 e. The van der Waals surface area contributed by atoms with Crippen LogP contribution in [0.2, 0.25) is 0 Å². The van der Waals surface area contributed by atoms with Crippen molar-refractivity contribution in [2.45, 2.75) is 90.8 Å². The zero-order valence-electron chi connectivity index (χ0n) is 22.0. The predicted octanol–water partition coefficient (Wildman–Crippen LogP) is 6.25. The van der Waals surface area contributed by atoms with Gasteiger partial charge in [0.05, 0.1) is 6.61 Å². The van der Waals surface area contributed by atoms with Crippen LogP contribution in [0.1, 0.15) is 82.6 Å². The number of esters is 1. The van der Waals surface area contributed by atoms with E-state index in [1.54, 1.807) is 0 Å². The van der Waals surface area contributed by atoms with Gasteiger partial charge in [-0.1, -0.05) is 41.0 Å². The first-order valence-corrected chi connectivity index (χ1v) is 12.5. The van der Waals surface area contributed by atoms with Crippen molar-refractivity contribution >= 4 is 5.97 Å². The minimum atomic E-state index is -0.825. The van der Waals surface area contributed by atoms with Crippen LogP contribution < -0.4 is 14.2 Å². The molecule has 1 unspecified atom stereocenters. The van der Waals surface area contributed by atoms with Crippen LogP contribution in [0.25, 0.3) is 0 Å². The summed E-state index contributed by atoms with van der Waals surface area (Å²) in [6, 6.07) is 7.69. The highest BCUT2D eigenvalue weighted by molar-refractivity contribution is 5.71. The molecule has 0 saturated heterocycles. The van der Waals surface area contributed by atoms with Gasteiger partial charge in [-0.25, -0.2) is 4.79 Å². The number of hydrogen-bond donors (Lipinski definition) is 1. The highest BCUT2D eigenvalue weighted by atomic mass is 16.7. The number of rotatable bonds is 6. The molecule has 2 heterocycles. The minimum Gasteiger partial charge on any atom is -0.508 e. The smallest absolute Gasteiger partial charge is 0.344 e. The summed E-state index contributed by atoms with van der Waals surface area (Å²) in [5.41, 5.74) is 3.16. The molecule has 2 aromatic carbocycles. The molecule has 2 aromatic rings. The van der Waals surface area contributed by atoms with Crippen molar-refractivity contribution in [2.75, 3.05) is 13.2 Å². The molecule has 6 heteroatoms. The number of benzene rings is 2. The second kappa shape index (κ2) is 8.96. The normalized spacial score (nSPS) is 21.3. The molecule has 0 saturated carbocycles. The molecule has 6 nitrogen and oxygen atoms in total. The van der Waals surface area contributed by atoms with E-state index in [1.165, 1.54) is 0 Å². The van der Waals surface area contributed by atoms with Crippen LogP contribution in [0.4, 0.5) is 0 Å². The highest BCUT2D eigenvalue weighted by Crippen LogP contribution is 2.55. The summed E-state index contributed by atoms with van der Waals surface area (Å²) < 4.78 is 24.3. The second-order valence-corrected chi connectivity index (χ2v) is 11.3. The van der Waals surface area contributed by atoms with E-state index in [9.17, 15) is 9.90 Å². The summed E-state index contributed by atoms with van der Waals surface area (Å²) in [4.78, 5) is 12.0. The molecule has 0 amide bonds. The van der Waals surface area contributed by atoms with Gasteiger partial charge in [0.1, 0.15) is 23.0 Å². The Morgan fingerprint density at radius 2 is 1.51 bits per heavy atom. The fourth-order valence-corrected chi connectivity index (χ4v) is 5.39. The molecule has 0 aromatic heterocycles. The van der Waals surface area contributed by atoms with Crippen molar-refractivity contribution < 1.29 is 28.8 Å². The number of phenols is 1. The van der Waals surface area contributed by atoms with E-state index >= 15 is 0 Å². The number of phenolic OH excluding ortho intramolecular Hbond substituents is 1. The lowest BCUT2D eigenvalue weighted by molar-refractivity contribution is -0.166. The molecule has 0 bridgehead atoms. The highest BCUT2D eigenvalue weighted by Gasteiger charge is 2.53. The van der Waals surface area contributed by atoms with Gasteiger partial charge in [0, 0.05) is 34.8 Å². The molecular weight excluding hydrogens is 444 g/mol. The van der Waals surface area contributed by atoms with Crippen molar-refractivity contribution in [3.8, 4) is 23.0 Å². The SMILES string of the molecule is CCCCOC(=O)COc1cc2c(cc1C)OC1(CC(C)(C)c3cc(O)c(C)cc3O1)CC2(C)C. The molecule has 1 spiro atoms. The van der Waals surface area contributed by atoms with E-state index in [-0.39, 0.29) is 29.2 Å². The quantitative estimate of drug-likeness (QED) is 0.388. The van der Waals surface area contributed by atoms with Crippen LogP contribution in [0, 0.1) is 13.8 Å². The number of fused-ring (bicyclic) bond motifs is 2. The van der Waals surface area contributed by atoms with E-state index in [4.69, 9.17) is 18.9 Å².